The number of rotatable bonds is 3. The second-order valence-electron chi connectivity index (χ2n) is 6.38. The van der Waals surface area contributed by atoms with Gasteiger partial charge in [-0.05, 0) is 48.1 Å². The minimum atomic E-state index is 0.264. The van der Waals surface area contributed by atoms with E-state index in [2.05, 4.69) is 61.8 Å². The SMILES string of the molecule is C=C(N)/N=C\C1=C(N)c2ccccc2[C@@H](c2ccc(C)c(C)c2)C1. The molecular weight excluding hydrogens is 294 g/mol. The van der Waals surface area contributed by atoms with Gasteiger partial charge in [0.25, 0.3) is 0 Å². The van der Waals surface area contributed by atoms with E-state index in [9.17, 15) is 0 Å². The van der Waals surface area contributed by atoms with Gasteiger partial charge in [-0.25, -0.2) is 4.99 Å². The van der Waals surface area contributed by atoms with Crippen molar-refractivity contribution >= 4 is 11.9 Å². The molecule has 122 valence electrons. The summed E-state index contributed by atoms with van der Waals surface area (Å²) in [7, 11) is 0. The van der Waals surface area contributed by atoms with Crippen molar-refractivity contribution in [2.45, 2.75) is 26.2 Å². The van der Waals surface area contributed by atoms with Gasteiger partial charge in [-0.3, -0.25) is 0 Å². The van der Waals surface area contributed by atoms with Crippen molar-refractivity contribution in [3.8, 4) is 0 Å². The third-order valence-corrected chi connectivity index (χ3v) is 4.72. The van der Waals surface area contributed by atoms with Crippen LogP contribution in [0.4, 0.5) is 0 Å². The highest BCUT2D eigenvalue weighted by Crippen LogP contribution is 2.40. The monoisotopic (exact) mass is 317 g/mol. The van der Waals surface area contributed by atoms with Crippen LogP contribution in [0.1, 0.15) is 40.2 Å². The van der Waals surface area contributed by atoms with E-state index in [-0.39, 0.29) is 11.7 Å². The number of fused-ring (bicyclic) bond motifs is 1. The van der Waals surface area contributed by atoms with Gasteiger partial charge in [-0.2, -0.15) is 0 Å². The van der Waals surface area contributed by atoms with Crippen LogP contribution in [-0.2, 0) is 0 Å². The summed E-state index contributed by atoms with van der Waals surface area (Å²) < 4.78 is 0. The molecule has 2 aromatic rings. The summed E-state index contributed by atoms with van der Waals surface area (Å²) in [6, 6.07) is 15.0. The maximum atomic E-state index is 6.39. The lowest BCUT2D eigenvalue weighted by Gasteiger charge is -2.28. The molecule has 4 N–H and O–H groups in total. The van der Waals surface area contributed by atoms with E-state index in [1.165, 1.54) is 22.3 Å². The molecule has 3 heteroatoms. The number of aryl methyl sites for hydroxylation is 2. The van der Waals surface area contributed by atoms with Crippen molar-refractivity contribution in [2.24, 2.45) is 16.5 Å². The molecule has 0 saturated carbocycles. The molecule has 0 bridgehead atoms. The van der Waals surface area contributed by atoms with Crippen LogP contribution in [0.25, 0.3) is 5.70 Å². The van der Waals surface area contributed by atoms with Crippen molar-refractivity contribution in [1.82, 2.24) is 0 Å². The lowest BCUT2D eigenvalue weighted by molar-refractivity contribution is 0.797. The summed E-state index contributed by atoms with van der Waals surface area (Å²) >= 11 is 0. The molecule has 0 heterocycles. The van der Waals surface area contributed by atoms with Crippen molar-refractivity contribution in [1.29, 1.82) is 0 Å². The second-order valence-corrected chi connectivity index (χ2v) is 6.38. The molecule has 1 atom stereocenters. The zero-order valence-corrected chi connectivity index (χ0v) is 14.2. The lowest BCUT2D eigenvalue weighted by atomic mass is 9.77. The Morgan fingerprint density at radius 3 is 2.62 bits per heavy atom. The molecule has 0 unspecified atom stereocenters. The van der Waals surface area contributed by atoms with Gasteiger partial charge in [-0.15, -0.1) is 0 Å². The largest absolute Gasteiger partial charge is 0.398 e. The van der Waals surface area contributed by atoms with Gasteiger partial charge in [0.05, 0.1) is 0 Å². The topological polar surface area (TPSA) is 64.4 Å². The smallest absolute Gasteiger partial charge is 0.116 e. The fourth-order valence-corrected chi connectivity index (χ4v) is 3.22. The highest BCUT2D eigenvalue weighted by molar-refractivity contribution is 5.93. The molecule has 0 fully saturated rings. The van der Waals surface area contributed by atoms with Gasteiger partial charge in [0.15, 0.2) is 0 Å². The number of hydrogen-bond donors (Lipinski definition) is 2. The van der Waals surface area contributed by atoms with Crippen LogP contribution in [0.3, 0.4) is 0 Å². The first-order chi connectivity index (χ1) is 11.5. The molecule has 3 rings (SSSR count). The molecule has 0 amide bonds. The molecule has 0 radical (unpaired) electrons. The Hall–Kier alpha value is -2.81. The lowest BCUT2D eigenvalue weighted by Crippen LogP contribution is -2.17. The molecule has 3 nitrogen and oxygen atoms in total. The fourth-order valence-electron chi connectivity index (χ4n) is 3.22. The summed E-state index contributed by atoms with van der Waals surface area (Å²) in [5, 5.41) is 0. The Kier molecular flexibility index (Phi) is 4.26. The first kappa shape index (κ1) is 16.1. The molecule has 0 saturated heterocycles. The van der Waals surface area contributed by atoms with E-state index in [1.807, 2.05) is 6.07 Å². The van der Waals surface area contributed by atoms with Crippen LogP contribution in [0.5, 0.6) is 0 Å². The number of nitrogens with two attached hydrogens (primary N) is 2. The highest BCUT2D eigenvalue weighted by atomic mass is 14.9. The summed E-state index contributed by atoms with van der Waals surface area (Å²) in [6.45, 7) is 7.91. The van der Waals surface area contributed by atoms with E-state index in [0.29, 0.717) is 0 Å². The third kappa shape index (κ3) is 2.98. The first-order valence-electron chi connectivity index (χ1n) is 8.11. The van der Waals surface area contributed by atoms with Crippen LogP contribution < -0.4 is 11.5 Å². The summed E-state index contributed by atoms with van der Waals surface area (Å²) in [6.07, 6.45) is 2.56. The van der Waals surface area contributed by atoms with E-state index in [1.54, 1.807) is 6.21 Å². The van der Waals surface area contributed by atoms with Gasteiger partial charge in [-0.1, -0.05) is 49.0 Å². The average Bonchev–Trinajstić information content (AvgIpc) is 2.57. The van der Waals surface area contributed by atoms with E-state index in [4.69, 9.17) is 11.5 Å². The Balaban J connectivity index is 2.11. The van der Waals surface area contributed by atoms with Crippen LogP contribution in [0.15, 0.2) is 65.4 Å². The van der Waals surface area contributed by atoms with E-state index in [0.717, 1.165) is 23.3 Å². The fraction of sp³-hybridized carbons (Fsp3) is 0.190. The summed E-state index contributed by atoms with van der Waals surface area (Å²) in [4.78, 5) is 4.15. The molecule has 2 aromatic carbocycles. The minimum absolute atomic E-state index is 0.264. The quantitative estimate of drug-likeness (QED) is 0.840. The van der Waals surface area contributed by atoms with Crippen LogP contribution in [-0.4, -0.2) is 6.21 Å². The number of nitrogens with zero attached hydrogens (tertiary/aromatic N) is 1. The van der Waals surface area contributed by atoms with Gasteiger partial charge in [0.2, 0.25) is 0 Å². The number of benzene rings is 2. The first-order valence-corrected chi connectivity index (χ1v) is 8.11. The molecule has 1 aliphatic rings. The Labute approximate surface area is 143 Å². The van der Waals surface area contributed by atoms with Crippen LogP contribution >= 0.6 is 0 Å². The van der Waals surface area contributed by atoms with Crippen LogP contribution in [0.2, 0.25) is 0 Å². The van der Waals surface area contributed by atoms with E-state index < -0.39 is 0 Å². The molecule has 0 spiro atoms. The molecule has 0 aliphatic heterocycles. The van der Waals surface area contributed by atoms with Gasteiger partial charge >= 0.3 is 0 Å². The van der Waals surface area contributed by atoms with Gasteiger partial charge in [0, 0.05) is 23.4 Å². The highest BCUT2D eigenvalue weighted by Gasteiger charge is 2.26. The predicted molar refractivity (Wildman–Crippen MR) is 102 cm³/mol. The van der Waals surface area contributed by atoms with Crippen molar-refractivity contribution in [3.63, 3.8) is 0 Å². The van der Waals surface area contributed by atoms with Gasteiger partial charge < -0.3 is 11.5 Å². The summed E-state index contributed by atoms with van der Waals surface area (Å²) in [5.74, 6) is 0.553. The van der Waals surface area contributed by atoms with E-state index >= 15 is 0 Å². The average molecular weight is 317 g/mol. The maximum absolute atomic E-state index is 6.39. The summed E-state index contributed by atoms with van der Waals surface area (Å²) in [5.41, 5.74) is 20.0. The second kappa shape index (κ2) is 6.36. The third-order valence-electron chi connectivity index (χ3n) is 4.72. The van der Waals surface area contributed by atoms with Crippen LogP contribution in [0, 0.1) is 13.8 Å². The normalized spacial score (nSPS) is 17.2. The molecular formula is C21H23N3. The number of hydrogen-bond acceptors (Lipinski definition) is 3. The minimum Gasteiger partial charge on any atom is -0.398 e. The van der Waals surface area contributed by atoms with Gasteiger partial charge in [0.1, 0.15) is 5.82 Å². The maximum Gasteiger partial charge on any atom is 0.116 e. The van der Waals surface area contributed by atoms with Crippen molar-refractivity contribution in [3.05, 3.63) is 88.3 Å². The molecule has 1 aliphatic carbocycles. The Morgan fingerprint density at radius 2 is 1.92 bits per heavy atom. The van der Waals surface area contributed by atoms with Crippen molar-refractivity contribution in [2.75, 3.05) is 0 Å². The zero-order chi connectivity index (χ0) is 17.3. The number of allylic oxidation sites excluding steroid dienone is 1. The molecule has 24 heavy (non-hydrogen) atoms. The molecule has 0 aromatic heterocycles. The predicted octanol–water partition coefficient (Wildman–Crippen LogP) is 4.01. The Morgan fingerprint density at radius 1 is 1.17 bits per heavy atom. The Bertz CT molecular complexity index is 859. The van der Waals surface area contributed by atoms with Crippen molar-refractivity contribution < 1.29 is 0 Å². The zero-order valence-electron chi connectivity index (χ0n) is 14.2. The number of aliphatic imine (C=N–C) groups is 1. The standard InChI is InChI=1S/C21H23N3/c1-13-8-9-16(10-14(13)2)20-11-17(12-24-15(3)22)21(23)19-7-5-4-6-18(19)20/h4-10,12,20H,3,11,22-23H2,1-2H3/b24-12-/t20-/m1/s1.